The minimum absolute atomic E-state index is 0.868. The molecular weight excluding hydrogens is 264 g/mol. The summed E-state index contributed by atoms with van der Waals surface area (Å²) in [6.07, 6.45) is 2.06. The van der Waals surface area contributed by atoms with Gasteiger partial charge >= 0.3 is 0 Å². The second-order valence-corrected chi connectivity index (χ2v) is 5.25. The lowest BCUT2D eigenvalue weighted by Crippen LogP contribution is -1.76. The Morgan fingerprint density at radius 2 is 1.40 bits per heavy atom. The monoisotopic (exact) mass is 278 g/mol. The Labute approximate surface area is 122 Å². The SMILES string of the molecule is CSc1cc2ccccc2cc1N=Nc1ccccc1. The third-order valence-corrected chi connectivity index (χ3v) is 3.84. The average Bonchev–Trinajstić information content (AvgIpc) is 2.53. The van der Waals surface area contributed by atoms with Crippen molar-refractivity contribution in [3.8, 4) is 0 Å². The zero-order chi connectivity index (χ0) is 13.8. The van der Waals surface area contributed by atoms with Crippen LogP contribution < -0.4 is 0 Å². The second-order valence-electron chi connectivity index (χ2n) is 4.41. The first-order chi connectivity index (χ1) is 9.86. The third-order valence-electron chi connectivity index (χ3n) is 3.08. The van der Waals surface area contributed by atoms with E-state index >= 15 is 0 Å². The number of thioether (sulfide) groups is 1. The summed E-state index contributed by atoms with van der Waals surface area (Å²) < 4.78 is 0. The average molecular weight is 278 g/mol. The van der Waals surface area contributed by atoms with Crippen molar-refractivity contribution in [3.63, 3.8) is 0 Å². The van der Waals surface area contributed by atoms with E-state index in [4.69, 9.17) is 0 Å². The minimum atomic E-state index is 0.868. The molecule has 3 heteroatoms. The van der Waals surface area contributed by atoms with E-state index in [-0.39, 0.29) is 0 Å². The van der Waals surface area contributed by atoms with E-state index in [0.29, 0.717) is 0 Å². The number of rotatable bonds is 3. The largest absolute Gasteiger partial charge is 0.151 e. The van der Waals surface area contributed by atoms with Gasteiger partial charge in [0.1, 0.15) is 0 Å². The molecule has 0 saturated carbocycles. The first-order valence-electron chi connectivity index (χ1n) is 6.40. The Bertz CT molecular complexity index is 751. The maximum atomic E-state index is 4.40. The Kier molecular flexibility index (Phi) is 3.79. The van der Waals surface area contributed by atoms with E-state index in [0.717, 1.165) is 16.3 Å². The van der Waals surface area contributed by atoms with Gasteiger partial charge in [0, 0.05) is 4.90 Å². The molecule has 0 aliphatic carbocycles. The molecule has 0 atom stereocenters. The van der Waals surface area contributed by atoms with E-state index in [1.807, 2.05) is 36.4 Å². The standard InChI is InChI=1S/C17H14N2S/c1-20-17-12-14-8-6-5-7-13(14)11-16(17)19-18-15-9-3-2-4-10-15/h2-12H,1H3. The van der Waals surface area contributed by atoms with Crippen LogP contribution in [0.3, 0.4) is 0 Å². The molecule has 0 radical (unpaired) electrons. The van der Waals surface area contributed by atoms with Crippen molar-refractivity contribution in [3.05, 3.63) is 66.7 Å². The molecule has 0 fully saturated rings. The zero-order valence-electron chi connectivity index (χ0n) is 11.2. The highest BCUT2D eigenvalue weighted by Crippen LogP contribution is 2.33. The molecule has 0 aliphatic heterocycles. The summed E-state index contributed by atoms with van der Waals surface area (Å²) in [5, 5.41) is 11.1. The summed E-state index contributed by atoms with van der Waals surface area (Å²) >= 11 is 1.69. The molecule has 0 aliphatic rings. The van der Waals surface area contributed by atoms with Crippen LogP contribution in [-0.2, 0) is 0 Å². The van der Waals surface area contributed by atoms with Gasteiger partial charge in [-0.05, 0) is 41.3 Å². The molecular formula is C17H14N2S. The zero-order valence-corrected chi connectivity index (χ0v) is 12.0. The van der Waals surface area contributed by atoms with Crippen LogP contribution in [0.25, 0.3) is 10.8 Å². The van der Waals surface area contributed by atoms with Gasteiger partial charge in [-0.15, -0.1) is 16.9 Å². The van der Waals surface area contributed by atoms with Gasteiger partial charge in [0.2, 0.25) is 0 Å². The molecule has 0 bridgehead atoms. The lowest BCUT2D eigenvalue weighted by atomic mass is 10.1. The molecule has 2 nitrogen and oxygen atoms in total. The van der Waals surface area contributed by atoms with Crippen LogP contribution in [-0.4, -0.2) is 6.26 Å². The second kappa shape index (κ2) is 5.88. The summed E-state index contributed by atoms with van der Waals surface area (Å²) in [5.74, 6) is 0. The van der Waals surface area contributed by atoms with Gasteiger partial charge in [-0.25, -0.2) is 0 Å². The number of azo groups is 1. The topological polar surface area (TPSA) is 24.7 Å². The summed E-state index contributed by atoms with van der Waals surface area (Å²) in [5.41, 5.74) is 1.78. The molecule has 3 rings (SSSR count). The minimum Gasteiger partial charge on any atom is -0.151 e. The molecule has 0 N–H and O–H groups in total. The summed E-state index contributed by atoms with van der Waals surface area (Å²) in [4.78, 5) is 1.14. The van der Waals surface area contributed by atoms with Crippen LogP contribution in [0.2, 0.25) is 0 Å². The van der Waals surface area contributed by atoms with Crippen molar-refractivity contribution in [2.24, 2.45) is 10.2 Å². The maximum Gasteiger partial charge on any atom is 0.0998 e. The van der Waals surface area contributed by atoms with Crippen molar-refractivity contribution in [1.29, 1.82) is 0 Å². The number of benzene rings is 3. The number of hydrogen-bond donors (Lipinski definition) is 0. The smallest absolute Gasteiger partial charge is 0.0998 e. The maximum absolute atomic E-state index is 4.40. The van der Waals surface area contributed by atoms with Crippen LogP contribution in [0.5, 0.6) is 0 Å². The van der Waals surface area contributed by atoms with Crippen LogP contribution in [0.15, 0.2) is 81.9 Å². The van der Waals surface area contributed by atoms with E-state index in [9.17, 15) is 0 Å². The van der Waals surface area contributed by atoms with Gasteiger partial charge in [-0.3, -0.25) is 0 Å². The fourth-order valence-corrected chi connectivity index (χ4v) is 2.61. The van der Waals surface area contributed by atoms with Crippen LogP contribution in [0.4, 0.5) is 11.4 Å². The lowest BCUT2D eigenvalue weighted by Gasteiger charge is -2.04. The fourth-order valence-electron chi connectivity index (χ4n) is 2.06. The number of hydrogen-bond acceptors (Lipinski definition) is 3. The first kappa shape index (κ1) is 12.9. The van der Waals surface area contributed by atoms with E-state index in [1.165, 1.54) is 10.8 Å². The third kappa shape index (κ3) is 2.73. The van der Waals surface area contributed by atoms with Crippen molar-refractivity contribution in [2.75, 3.05) is 6.26 Å². The normalized spacial score (nSPS) is 11.2. The molecule has 3 aromatic rings. The van der Waals surface area contributed by atoms with E-state index in [1.54, 1.807) is 11.8 Å². The molecule has 0 amide bonds. The van der Waals surface area contributed by atoms with Crippen LogP contribution >= 0.6 is 11.8 Å². The van der Waals surface area contributed by atoms with E-state index < -0.39 is 0 Å². The predicted octanol–water partition coefficient (Wildman–Crippen LogP) is 5.98. The lowest BCUT2D eigenvalue weighted by molar-refractivity contribution is 1.20. The molecule has 98 valence electrons. The van der Waals surface area contributed by atoms with Crippen molar-refractivity contribution in [2.45, 2.75) is 4.90 Å². The highest BCUT2D eigenvalue weighted by molar-refractivity contribution is 7.98. The van der Waals surface area contributed by atoms with Crippen LogP contribution in [0, 0.1) is 0 Å². The number of fused-ring (bicyclic) bond motifs is 1. The fraction of sp³-hybridized carbons (Fsp3) is 0.0588. The predicted molar refractivity (Wildman–Crippen MR) is 86.3 cm³/mol. The Balaban J connectivity index is 2.04. The van der Waals surface area contributed by atoms with Gasteiger partial charge < -0.3 is 0 Å². The highest BCUT2D eigenvalue weighted by atomic mass is 32.2. The molecule has 0 unspecified atom stereocenters. The van der Waals surface area contributed by atoms with Gasteiger partial charge in [-0.2, -0.15) is 5.11 Å². The molecule has 3 aromatic carbocycles. The van der Waals surface area contributed by atoms with E-state index in [2.05, 4.69) is 46.8 Å². The van der Waals surface area contributed by atoms with Crippen LogP contribution in [0.1, 0.15) is 0 Å². The van der Waals surface area contributed by atoms with Crippen molar-refractivity contribution >= 4 is 33.9 Å². The number of nitrogens with zero attached hydrogens (tertiary/aromatic N) is 2. The summed E-state index contributed by atoms with van der Waals surface area (Å²) in [7, 11) is 0. The molecule has 0 heterocycles. The first-order valence-corrected chi connectivity index (χ1v) is 7.63. The highest BCUT2D eigenvalue weighted by Gasteiger charge is 2.03. The molecule has 0 saturated heterocycles. The molecule has 0 spiro atoms. The van der Waals surface area contributed by atoms with Crippen molar-refractivity contribution < 1.29 is 0 Å². The summed E-state index contributed by atoms with van der Waals surface area (Å²) in [6.45, 7) is 0. The van der Waals surface area contributed by atoms with Gasteiger partial charge in [0.15, 0.2) is 0 Å². The Morgan fingerprint density at radius 3 is 2.10 bits per heavy atom. The van der Waals surface area contributed by atoms with Crippen molar-refractivity contribution in [1.82, 2.24) is 0 Å². The molecule has 0 aromatic heterocycles. The Hall–Kier alpha value is -2.13. The molecule has 20 heavy (non-hydrogen) atoms. The van der Waals surface area contributed by atoms with Gasteiger partial charge in [0.05, 0.1) is 11.4 Å². The Morgan fingerprint density at radius 1 is 0.750 bits per heavy atom. The van der Waals surface area contributed by atoms with Gasteiger partial charge in [0.25, 0.3) is 0 Å². The summed E-state index contributed by atoms with van der Waals surface area (Å²) in [6, 6.07) is 22.4. The van der Waals surface area contributed by atoms with Gasteiger partial charge in [-0.1, -0.05) is 42.5 Å². The quantitative estimate of drug-likeness (QED) is 0.427.